The first-order chi connectivity index (χ1) is 15.8. The molecule has 0 radical (unpaired) electrons. The van der Waals surface area contributed by atoms with Gasteiger partial charge in [0.15, 0.2) is 0 Å². The van der Waals surface area contributed by atoms with Crippen LogP contribution < -0.4 is 5.32 Å². The Labute approximate surface area is 189 Å². The third-order valence-corrected chi connectivity index (χ3v) is 7.96. The molecule has 32 heavy (non-hydrogen) atoms. The van der Waals surface area contributed by atoms with Crippen LogP contribution >= 0.6 is 0 Å². The monoisotopic (exact) mass is 431 g/mol. The van der Waals surface area contributed by atoms with Gasteiger partial charge in [-0.3, -0.25) is 0 Å². The molecule has 1 spiro atoms. The summed E-state index contributed by atoms with van der Waals surface area (Å²) in [6, 6.07) is 11.3. The van der Waals surface area contributed by atoms with Crippen LogP contribution in [0.15, 0.2) is 36.7 Å². The lowest BCUT2D eigenvalue weighted by Crippen LogP contribution is -2.58. The molecule has 3 aliphatic heterocycles. The van der Waals surface area contributed by atoms with Crippen molar-refractivity contribution in [2.24, 2.45) is 5.41 Å². The first kappa shape index (κ1) is 20.3. The van der Waals surface area contributed by atoms with E-state index in [0.29, 0.717) is 11.3 Å². The summed E-state index contributed by atoms with van der Waals surface area (Å²) < 4.78 is 5.54. The first-order valence-corrected chi connectivity index (χ1v) is 12.2. The lowest BCUT2D eigenvalue weighted by molar-refractivity contribution is 0.0560. The number of aromatic nitrogens is 3. The van der Waals surface area contributed by atoms with E-state index in [1.54, 1.807) is 6.33 Å². The summed E-state index contributed by atoms with van der Waals surface area (Å²) in [5.74, 6) is 0.463. The maximum atomic E-state index is 5.54. The quantitative estimate of drug-likeness (QED) is 0.644. The highest BCUT2D eigenvalue weighted by Crippen LogP contribution is 2.35. The largest absolute Gasteiger partial charge is 0.381 e. The normalized spacial score (nSPS) is 21.8. The number of ether oxygens (including phenoxy) is 1. The molecule has 2 aromatic heterocycles. The summed E-state index contributed by atoms with van der Waals surface area (Å²) in [6.07, 6.45) is 7.61. The van der Waals surface area contributed by atoms with E-state index in [2.05, 4.69) is 55.5 Å². The number of nitrogens with zero attached hydrogens (tertiary/aromatic N) is 3. The fourth-order valence-electron chi connectivity index (χ4n) is 5.63. The fourth-order valence-corrected chi connectivity index (χ4v) is 5.63. The number of likely N-dealkylation sites (tertiary alicyclic amines) is 1. The molecule has 5 heterocycles. The van der Waals surface area contributed by atoms with Gasteiger partial charge in [0.25, 0.3) is 0 Å². The zero-order valence-corrected chi connectivity index (χ0v) is 18.8. The Balaban J connectivity index is 1.12. The van der Waals surface area contributed by atoms with Crippen LogP contribution in [0.4, 0.5) is 0 Å². The Bertz CT molecular complexity index is 1060. The average molecular weight is 432 g/mol. The second kappa shape index (κ2) is 8.58. The highest BCUT2D eigenvalue weighted by Gasteiger charge is 2.39. The van der Waals surface area contributed by atoms with Crippen LogP contribution in [0.3, 0.4) is 0 Å². The Morgan fingerprint density at radius 1 is 1.03 bits per heavy atom. The third-order valence-electron chi connectivity index (χ3n) is 7.96. The minimum atomic E-state index is 0.463. The summed E-state index contributed by atoms with van der Waals surface area (Å²) in [5.41, 5.74) is 6.48. The van der Waals surface area contributed by atoms with Gasteiger partial charge < -0.3 is 19.9 Å². The summed E-state index contributed by atoms with van der Waals surface area (Å²) in [4.78, 5) is 15.3. The second-order valence-electron chi connectivity index (χ2n) is 9.98. The molecule has 0 amide bonds. The molecule has 0 atom stereocenters. The van der Waals surface area contributed by atoms with Crippen molar-refractivity contribution in [3.8, 4) is 11.3 Å². The topological polar surface area (TPSA) is 66.1 Å². The predicted octanol–water partition coefficient (Wildman–Crippen LogP) is 3.75. The second-order valence-corrected chi connectivity index (χ2v) is 9.98. The van der Waals surface area contributed by atoms with Crippen molar-refractivity contribution in [2.45, 2.75) is 38.0 Å². The van der Waals surface area contributed by atoms with Crippen molar-refractivity contribution in [3.05, 3.63) is 47.9 Å². The Hall–Kier alpha value is -2.28. The van der Waals surface area contributed by atoms with Crippen LogP contribution in [-0.2, 0) is 11.2 Å². The minimum absolute atomic E-state index is 0.463. The highest BCUT2D eigenvalue weighted by atomic mass is 16.5. The fraction of sp³-hybridized carbons (Fsp3) is 0.538. The standard InChI is InChI=1S/C26H33N5O/c1-3-20(4-2-19(1)5-10-31-11-8-26(9-12-31)16-27-17-26)23-15-22-24(21-6-13-32-14-7-21)28-18-29-25(22)30-23/h1-4,15,18,21,27H,5-14,16-17H2,(H,28,29,30). The number of hydrogen-bond donors (Lipinski definition) is 2. The summed E-state index contributed by atoms with van der Waals surface area (Å²) in [7, 11) is 0. The molecule has 6 heteroatoms. The zero-order valence-electron chi connectivity index (χ0n) is 18.8. The van der Waals surface area contributed by atoms with E-state index in [0.717, 1.165) is 49.2 Å². The summed E-state index contributed by atoms with van der Waals surface area (Å²) in [5, 5.41) is 4.61. The number of benzene rings is 1. The van der Waals surface area contributed by atoms with Crippen LogP contribution in [0, 0.1) is 5.41 Å². The Morgan fingerprint density at radius 2 is 1.81 bits per heavy atom. The average Bonchev–Trinajstić information content (AvgIpc) is 3.27. The van der Waals surface area contributed by atoms with Crippen LogP contribution in [0.1, 0.15) is 42.9 Å². The zero-order chi connectivity index (χ0) is 21.4. The van der Waals surface area contributed by atoms with Gasteiger partial charge in [-0.15, -0.1) is 0 Å². The summed E-state index contributed by atoms with van der Waals surface area (Å²) in [6.45, 7) is 7.79. The van der Waals surface area contributed by atoms with Crippen molar-refractivity contribution in [3.63, 3.8) is 0 Å². The molecular formula is C26H33N5O. The molecule has 168 valence electrons. The number of hydrogen-bond acceptors (Lipinski definition) is 5. The number of nitrogens with one attached hydrogen (secondary N) is 2. The van der Waals surface area contributed by atoms with Crippen molar-refractivity contribution in [2.75, 3.05) is 45.9 Å². The molecule has 3 saturated heterocycles. The molecule has 3 fully saturated rings. The van der Waals surface area contributed by atoms with E-state index in [-0.39, 0.29) is 0 Å². The van der Waals surface area contributed by atoms with E-state index < -0.39 is 0 Å². The lowest BCUT2D eigenvalue weighted by Gasteiger charge is -2.48. The van der Waals surface area contributed by atoms with Gasteiger partial charge in [0.2, 0.25) is 0 Å². The van der Waals surface area contributed by atoms with Crippen molar-refractivity contribution >= 4 is 11.0 Å². The van der Waals surface area contributed by atoms with Crippen LogP contribution in [-0.4, -0.2) is 65.8 Å². The Kier molecular flexibility index (Phi) is 5.45. The van der Waals surface area contributed by atoms with Crippen LogP contribution in [0.5, 0.6) is 0 Å². The molecule has 0 unspecified atom stereocenters. The van der Waals surface area contributed by atoms with E-state index in [1.165, 1.54) is 62.4 Å². The van der Waals surface area contributed by atoms with Gasteiger partial charge in [0.1, 0.15) is 12.0 Å². The lowest BCUT2D eigenvalue weighted by atomic mass is 9.73. The number of fused-ring (bicyclic) bond motifs is 1. The van der Waals surface area contributed by atoms with Gasteiger partial charge in [0, 0.05) is 49.8 Å². The van der Waals surface area contributed by atoms with Crippen LogP contribution in [0.25, 0.3) is 22.3 Å². The van der Waals surface area contributed by atoms with Gasteiger partial charge in [0.05, 0.1) is 5.69 Å². The van der Waals surface area contributed by atoms with Crippen molar-refractivity contribution in [1.29, 1.82) is 0 Å². The molecule has 0 bridgehead atoms. The van der Waals surface area contributed by atoms with Gasteiger partial charge >= 0.3 is 0 Å². The van der Waals surface area contributed by atoms with E-state index in [1.807, 2.05) is 0 Å². The Morgan fingerprint density at radius 3 is 2.53 bits per heavy atom. The molecule has 1 aromatic carbocycles. The number of aromatic amines is 1. The van der Waals surface area contributed by atoms with Crippen molar-refractivity contribution < 1.29 is 4.74 Å². The molecule has 3 aromatic rings. The maximum Gasteiger partial charge on any atom is 0.141 e. The minimum Gasteiger partial charge on any atom is -0.381 e. The van der Waals surface area contributed by atoms with Crippen molar-refractivity contribution in [1.82, 2.24) is 25.2 Å². The van der Waals surface area contributed by atoms with Gasteiger partial charge in [-0.25, -0.2) is 9.97 Å². The smallest absolute Gasteiger partial charge is 0.141 e. The number of piperidine rings is 1. The van der Waals surface area contributed by atoms with Gasteiger partial charge in [-0.2, -0.15) is 0 Å². The first-order valence-electron chi connectivity index (χ1n) is 12.2. The number of H-pyrrole nitrogens is 1. The maximum absolute atomic E-state index is 5.54. The summed E-state index contributed by atoms with van der Waals surface area (Å²) >= 11 is 0. The molecule has 0 aliphatic carbocycles. The molecule has 6 rings (SSSR count). The van der Waals surface area contributed by atoms with Gasteiger partial charge in [-0.05, 0) is 67.8 Å². The SMILES string of the molecule is c1nc(C2CCOCC2)c2cc(-c3ccc(CCN4CCC5(CC4)CNC5)cc3)[nH]c2n1. The molecule has 2 N–H and O–H groups in total. The number of rotatable bonds is 5. The third kappa shape index (κ3) is 3.96. The van der Waals surface area contributed by atoms with Gasteiger partial charge in [-0.1, -0.05) is 24.3 Å². The highest BCUT2D eigenvalue weighted by molar-refractivity contribution is 5.85. The molecule has 0 saturated carbocycles. The molecule has 3 aliphatic rings. The van der Waals surface area contributed by atoms with E-state index in [4.69, 9.17) is 4.74 Å². The molecular weight excluding hydrogens is 398 g/mol. The van der Waals surface area contributed by atoms with E-state index >= 15 is 0 Å². The predicted molar refractivity (Wildman–Crippen MR) is 127 cm³/mol. The van der Waals surface area contributed by atoms with E-state index in [9.17, 15) is 0 Å². The van der Waals surface area contributed by atoms with Crippen LogP contribution in [0.2, 0.25) is 0 Å². The molecule has 6 nitrogen and oxygen atoms in total.